The molecule has 0 amide bonds. The summed E-state index contributed by atoms with van der Waals surface area (Å²) in [4.78, 5) is 58.1. The minimum Gasteiger partial charge on any atom is -0.322 e. The first-order chi connectivity index (χ1) is 13.8. The number of allylic oxidation sites excluding steroid dienone is 4. The minimum absolute atomic E-state index is 0.0893. The summed E-state index contributed by atoms with van der Waals surface area (Å²) < 4.78 is 1.78. The summed E-state index contributed by atoms with van der Waals surface area (Å²) in [6.45, 7) is 4.33. The summed E-state index contributed by atoms with van der Waals surface area (Å²) in [7, 11) is 0. The molecule has 0 atom stereocenters. The van der Waals surface area contributed by atoms with Crippen LogP contribution in [-0.2, 0) is 16.1 Å². The van der Waals surface area contributed by atoms with E-state index in [9.17, 15) is 19.2 Å². The molecular weight excluding hydrogens is 372 g/mol. The number of carbonyl (C=O) groups is 2. The van der Waals surface area contributed by atoms with E-state index in [1.54, 1.807) is 4.57 Å². The molecule has 1 aliphatic carbocycles. The van der Waals surface area contributed by atoms with Crippen molar-refractivity contribution in [2.75, 3.05) is 0 Å². The van der Waals surface area contributed by atoms with Gasteiger partial charge in [-0.15, -0.1) is 0 Å². The standard InChI is InChI=1S/C21H18N4O4/c1-11-8-15-16(9-12(11)2)25(19-18(22-15)20(28)24-21(29)23-19)7-3-4-13-10-14(26)5-6-17(13)27/h5-6,8-10H,3-4,7H2,1-2H3,(H,24,28,29). The first-order valence-corrected chi connectivity index (χ1v) is 9.22. The van der Waals surface area contributed by atoms with Crippen LogP contribution < -0.4 is 11.2 Å². The fraction of sp³-hybridized carbons (Fsp3) is 0.238. The van der Waals surface area contributed by atoms with Gasteiger partial charge in [-0.05, 0) is 68.2 Å². The molecule has 1 N–H and O–H groups in total. The summed E-state index contributed by atoms with van der Waals surface area (Å²) in [5, 5.41) is 0. The fourth-order valence-corrected chi connectivity index (χ4v) is 3.46. The maximum Gasteiger partial charge on any atom is 0.349 e. The van der Waals surface area contributed by atoms with Crippen LogP contribution in [-0.4, -0.2) is 31.1 Å². The Labute approximate surface area is 165 Å². The second kappa shape index (κ2) is 7.05. The van der Waals surface area contributed by atoms with Crippen LogP contribution in [0.4, 0.5) is 0 Å². The van der Waals surface area contributed by atoms with Crippen molar-refractivity contribution >= 4 is 22.6 Å². The van der Waals surface area contributed by atoms with Gasteiger partial charge in [-0.2, -0.15) is 4.98 Å². The SMILES string of the molecule is Cc1cc2nc3c(=O)[nH]c(=O)nc-3n(CCCC3=CC(=O)C=CC3=O)c2cc1C. The maximum atomic E-state index is 12.3. The molecular formula is C21H18N4O4. The number of nitrogens with one attached hydrogen (secondary N) is 1. The Morgan fingerprint density at radius 2 is 1.76 bits per heavy atom. The van der Waals surface area contributed by atoms with Crippen molar-refractivity contribution in [1.29, 1.82) is 0 Å². The second-order valence-electron chi connectivity index (χ2n) is 7.10. The average molecular weight is 390 g/mol. The van der Waals surface area contributed by atoms with Crippen LogP contribution in [0.25, 0.3) is 22.6 Å². The van der Waals surface area contributed by atoms with Gasteiger partial charge in [0.05, 0.1) is 11.0 Å². The predicted octanol–water partition coefficient (Wildman–Crippen LogP) is 1.62. The molecule has 0 fully saturated rings. The number of H-pyrrole nitrogens is 1. The van der Waals surface area contributed by atoms with Crippen molar-refractivity contribution in [2.45, 2.75) is 33.2 Å². The van der Waals surface area contributed by atoms with E-state index >= 15 is 0 Å². The molecule has 2 aliphatic heterocycles. The quantitative estimate of drug-likeness (QED) is 0.535. The number of hydrogen-bond donors (Lipinski definition) is 1. The molecule has 0 radical (unpaired) electrons. The smallest absolute Gasteiger partial charge is 0.322 e. The summed E-state index contributed by atoms with van der Waals surface area (Å²) in [6, 6.07) is 3.84. The van der Waals surface area contributed by atoms with Gasteiger partial charge in [0, 0.05) is 12.1 Å². The van der Waals surface area contributed by atoms with Crippen LogP contribution in [0, 0.1) is 13.8 Å². The lowest BCUT2D eigenvalue weighted by Crippen LogP contribution is -2.29. The molecule has 0 aromatic heterocycles. The molecule has 1 aromatic carbocycles. The Bertz CT molecular complexity index is 1330. The number of aromatic nitrogens is 4. The molecule has 0 spiro atoms. The van der Waals surface area contributed by atoms with Gasteiger partial charge in [-0.25, -0.2) is 9.78 Å². The molecule has 29 heavy (non-hydrogen) atoms. The van der Waals surface area contributed by atoms with Crippen molar-refractivity contribution in [1.82, 2.24) is 19.5 Å². The lowest BCUT2D eigenvalue weighted by atomic mass is 9.99. The van der Waals surface area contributed by atoms with E-state index in [2.05, 4.69) is 15.0 Å². The summed E-state index contributed by atoms with van der Waals surface area (Å²) in [6.07, 6.45) is 4.79. The van der Waals surface area contributed by atoms with Crippen LogP contribution in [0.1, 0.15) is 24.0 Å². The highest BCUT2D eigenvalue weighted by molar-refractivity contribution is 6.17. The monoisotopic (exact) mass is 390 g/mol. The average Bonchev–Trinajstić information content (AvgIpc) is 2.66. The molecule has 8 nitrogen and oxygen atoms in total. The number of rotatable bonds is 4. The molecule has 1 aromatic rings. The zero-order valence-electron chi connectivity index (χ0n) is 16.0. The largest absolute Gasteiger partial charge is 0.349 e. The van der Waals surface area contributed by atoms with Gasteiger partial charge in [-0.3, -0.25) is 19.4 Å². The predicted molar refractivity (Wildman–Crippen MR) is 107 cm³/mol. The minimum atomic E-state index is -0.734. The van der Waals surface area contributed by atoms with Gasteiger partial charge in [-0.1, -0.05) is 0 Å². The lowest BCUT2D eigenvalue weighted by Gasteiger charge is -2.18. The van der Waals surface area contributed by atoms with E-state index in [1.807, 2.05) is 26.0 Å². The van der Waals surface area contributed by atoms with E-state index in [4.69, 9.17) is 0 Å². The van der Waals surface area contributed by atoms with E-state index in [0.717, 1.165) is 16.6 Å². The van der Waals surface area contributed by atoms with Gasteiger partial charge >= 0.3 is 5.69 Å². The number of hydrogen-bond acceptors (Lipinski definition) is 6. The highest BCUT2D eigenvalue weighted by atomic mass is 16.2. The van der Waals surface area contributed by atoms with E-state index in [0.29, 0.717) is 30.5 Å². The van der Waals surface area contributed by atoms with Gasteiger partial charge in [0.25, 0.3) is 5.56 Å². The van der Waals surface area contributed by atoms with Gasteiger partial charge < -0.3 is 4.57 Å². The number of ketones is 2. The third-order valence-electron chi connectivity index (χ3n) is 5.08. The van der Waals surface area contributed by atoms with Crippen molar-refractivity contribution in [2.24, 2.45) is 0 Å². The Hall–Kier alpha value is -3.68. The summed E-state index contributed by atoms with van der Waals surface area (Å²) in [5.41, 5.74) is 2.66. The van der Waals surface area contributed by atoms with Crippen molar-refractivity contribution in [3.05, 3.63) is 67.9 Å². The zero-order valence-corrected chi connectivity index (χ0v) is 16.0. The first kappa shape index (κ1) is 18.7. The Morgan fingerprint density at radius 3 is 2.55 bits per heavy atom. The molecule has 2 heterocycles. The topological polar surface area (TPSA) is 115 Å². The number of fused-ring (bicyclic) bond motifs is 2. The van der Waals surface area contributed by atoms with E-state index in [-0.39, 0.29) is 23.1 Å². The molecule has 3 aliphatic rings. The van der Waals surface area contributed by atoms with Gasteiger partial charge in [0.15, 0.2) is 23.1 Å². The molecule has 8 heteroatoms. The fourth-order valence-electron chi connectivity index (χ4n) is 3.46. The summed E-state index contributed by atoms with van der Waals surface area (Å²) >= 11 is 0. The zero-order chi connectivity index (χ0) is 20.7. The van der Waals surface area contributed by atoms with Crippen LogP contribution in [0.2, 0.25) is 0 Å². The maximum absolute atomic E-state index is 12.3. The van der Waals surface area contributed by atoms with E-state index < -0.39 is 11.2 Å². The highest BCUT2D eigenvalue weighted by Gasteiger charge is 2.20. The van der Waals surface area contributed by atoms with E-state index in [1.165, 1.54) is 18.2 Å². The lowest BCUT2D eigenvalue weighted by molar-refractivity contribution is -0.114. The van der Waals surface area contributed by atoms with Crippen molar-refractivity contribution in [3.63, 3.8) is 0 Å². The third-order valence-corrected chi connectivity index (χ3v) is 5.08. The molecule has 146 valence electrons. The van der Waals surface area contributed by atoms with Crippen LogP contribution >= 0.6 is 0 Å². The number of carbonyl (C=O) groups excluding carboxylic acids is 2. The van der Waals surface area contributed by atoms with Gasteiger partial charge in [0.1, 0.15) is 0 Å². The number of aromatic amines is 1. The number of benzene rings is 1. The normalized spacial score (nSPS) is 14.1. The first-order valence-electron chi connectivity index (χ1n) is 9.22. The molecule has 4 rings (SSSR count). The Kier molecular flexibility index (Phi) is 4.54. The van der Waals surface area contributed by atoms with Crippen LogP contribution in [0.3, 0.4) is 0 Å². The Balaban J connectivity index is 1.79. The molecule has 0 bridgehead atoms. The molecule has 0 saturated heterocycles. The van der Waals surface area contributed by atoms with Crippen LogP contribution in [0.15, 0.2) is 45.5 Å². The van der Waals surface area contributed by atoms with Gasteiger partial charge in [0.2, 0.25) is 0 Å². The van der Waals surface area contributed by atoms with Crippen molar-refractivity contribution in [3.8, 4) is 11.5 Å². The molecule has 0 unspecified atom stereocenters. The summed E-state index contributed by atoms with van der Waals surface area (Å²) in [5.74, 6) is -0.182. The molecule has 0 saturated carbocycles. The second-order valence-corrected chi connectivity index (χ2v) is 7.10. The highest BCUT2D eigenvalue weighted by Crippen LogP contribution is 2.24. The third kappa shape index (κ3) is 3.44. The van der Waals surface area contributed by atoms with Crippen molar-refractivity contribution < 1.29 is 9.59 Å². The van der Waals surface area contributed by atoms with Crippen LogP contribution in [0.5, 0.6) is 0 Å². The Morgan fingerprint density at radius 1 is 1.00 bits per heavy atom. The number of nitrogens with zero attached hydrogens (tertiary/aromatic N) is 3. The number of aryl methyl sites for hydroxylation is 3.